The van der Waals surface area contributed by atoms with Gasteiger partial charge in [0, 0.05) is 16.7 Å². The highest BCUT2D eigenvalue weighted by Crippen LogP contribution is 2.42. The summed E-state index contributed by atoms with van der Waals surface area (Å²) in [7, 11) is 1.58. The minimum absolute atomic E-state index is 0.0910. The zero-order chi connectivity index (χ0) is 16.5. The van der Waals surface area contributed by atoms with Crippen LogP contribution >= 0.6 is 11.6 Å². The molecule has 0 fully saturated rings. The third kappa shape index (κ3) is 2.66. The predicted molar refractivity (Wildman–Crippen MR) is 89.0 cm³/mol. The summed E-state index contributed by atoms with van der Waals surface area (Å²) >= 11 is 6.09. The maximum Gasteiger partial charge on any atom is 0.259 e. The molecule has 1 amide bonds. The number of nitrogens with zero attached hydrogens (tertiary/aromatic N) is 2. The lowest BCUT2D eigenvalue weighted by Crippen LogP contribution is -2.38. The maximum atomic E-state index is 12.8. The van der Waals surface area contributed by atoms with Gasteiger partial charge in [-0.15, -0.1) is 0 Å². The zero-order valence-electron chi connectivity index (χ0n) is 13.2. The summed E-state index contributed by atoms with van der Waals surface area (Å²) in [5, 5.41) is 0.609. The summed E-state index contributed by atoms with van der Waals surface area (Å²) in [4.78, 5) is 18.3. The highest BCUT2D eigenvalue weighted by molar-refractivity contribution is 6.30. The van der Waals surface area contributed by atoms with E-state index in [9.17, 15) is 4.79 Å². The molecular weight excluding hydrogens is 300 g/mol. The fourth-order valence-electron chi connectivity index (χ4n) is 2.66. The van der Waals surface area contributed by atoms with Gasteiger partial charge in [0.15, 0.2) is 0 Å². The van der Waals surface area contributed by atoms with Crippen molar-refractivity contribution in [3.8, 4) is 0 Å². The van der Waals surface area contributed by atoms with Crippen LogP contribution in [-0.2, 0) is 10.3 Å². The Balaban J connectivity index is 2.59. The van der Waals surface area contributed by atoms with E-state index in [1.54, 1.807) is 36.4 Å². The second kappa shape index (κ2) is 5.97. The molecule has 5 heteroatoms. The molecule has 0 radical (unpaired) electrons. The van der Waals surface area contributed by atoms with E-state index < -0.39 is 5.54 Å². The summed E-state index contributed by atoms with van der Waals surface area (Å²) in [6.07, 6.45) is 3.32. The number of benzene rings is 1. The number of ether oxygens (including phenoxy) is 1. The molecule has 4 nitrogen and oxygen atoms in total. The van der Waals surface area contributed by atoms with Gasteiger partial charge in [-0.1, -0.05) is 11.6 Å². The van der Waals surface area contributed by atoms with Crippen molar-refractivity contribution >= 4 is 24.2 Å². The fourth-order valence-corrected chi connectivity index (χ4v) is 2.84. The molecule has 1 heterocycles. The Labute approximate surface area is 135 Å². The van der Waals surface area contributed by atoms with Gasteiger partial charge in [-0.25, -0.2) is 0 Å². The number of hydrogen-bond donors (Lipinski definition) is 0. The van der Waals surface area contributed by atoms with Crippen LogP contribution in [0.25, 0.3) is 0 Å². The van der Waals surface area contributed by atoms with E-state index in [4.69, 9.17) is 16.3 Å². The Morgan fingerprint density at radius 3 is 2.73 bits per heavy atom. The van der Waals surface area contributed by atoms with Crippen LogP contribution in [-0.4, -0.2) is 24.6 Å². The Morgan fingerprint density at radius 1 is 1.45 bits per heavy atom. The summed E-state index contributed by atoms with van der Waals surface area (Å²) in [5.41, 5.74) is 1.62. The summed E-state index contributed by atoms with van der Waals surface area (Å²) in [6.45, 7) is 9.24. The number of rotatable bonds is 4. The minimum atomic E-state index is -0.543. The van der Waals surface area contributed by atoms with Crippen molar-refractivity contribution in [2.45, 2.75) is 26.3 Å². The van der Waals surface area contributed by atoms with Crippen molar-refractivity contribution in [2.75, 3.05) is 7.11 Å². The summed E-state index contributed by atoms with van der Waals surface area (Å²) < 4.78 is 5.19. The van der Waals surface area contributed by atoms with Crippen molar-refractivity contribution in [1.82, 2.24) is 4.90 Å². The molecule has 0 spiro atoms. The van der Waals surface area contributed by atoms with Gasteiger partial charge in [-0.2, -0.15) is 0 Å². The SMILES string of the molecule is C=NC=C(C=C(C)OC)N1C(=O)c2ccc(Cl)cc2C1(C)C. The highest BCUT2D eigenvalue weighted by Gasteiger charge is 2.44. The largest absolute Gasteiger partial charge is 0.501 e. The van der Waals surface area contributed by atoms with Gasteiger partial charge in [-0.3, -0.25) is 14.7 Å². The topological polar surface area (TPSA) is 41.9 Å². The van der Waals surface area contributed by atoms with E-state index in [1.165, 1.54) is 0 Å². The molecule has 116 valence electrons. The molecule has 1 aromatic rings. The van der Waals surface area contributed by atoms with Gasteiger partial charge in [0.25, 0.3) is 5.91 Å². The van der Waals surface area contributed by atoms with E-state index in [2.05, 4.69) is 11.7 Å². The van der Waals surface area contributed by atoms with Crippen molar-refractivity contribution < 1.29 is 9.53 Å². The maximum absolute atomic E-state index is 12.8. The Bertz CT molecular complexity index is 690. The first-order valence-electron chi connectivity index (χ1n) is 6.85. The zero-order valence-corrected chi connectivity index (χ0v) is 13.9. The lowest BCUT2D eigenvalue weighted by molar-refractivity contribution is 0.0717. The third-order valence-electron chi connectivity index (χ3n) is 3.79. The molecular formula is C17H19ClN2O2. The van der Waals surface area contributed by atoms with Crippen molar-refractivity contribution in [1.29, 1.82) is 0 Å². The second-order valence-corrected chi connectivity index (χ2v) is 6.02. The molecule has 0 aliphatic carbocycles. The highest BCUT2D eigenvalue weighted by atomic mass is 35.5. The van der Waals surface area contributed by atoms with E-state index in [1.807, 2.05) is 26.8 Å². The van der Waals surface area contributed by atoms with Crippen LogP contribution < -0.4 is 0 Å². The summed E-state index contributed by atoms with van der Waals surface area (Å²) in [5.74, 6) is 0.583. The van der Waals surface area contributed by atoms with Crippen LogP contribution in [0.1, 0.15) is 36.7 Å². The molecule has 0 N–H and O–H groups in total. The van der Waals surface area contributed by atoms with E-state index in [0.29, 0.717) is 22.0 Å². The van der Waals surface area contributed by atoms with Gasteiger partial charge in [0.1, 0.15) is 0 Å². The number of hydrogen-bond acceptors (Lipinski definition) is 3. The van der Waals surface area contributed by atoms with Gasteiger partial charge in [0.2, 0.25) is 0 Å². The Kier molecular flexibility index (Phi) is 4.42. The van der Waals surface area contributed by atoms with E-state index in [-0.39, 0.29) is 5.91 Å². The van der Waals surface area contributed by atoms with Crippen LogP contribution in [0.2, 0.25) is 5.02 Å². The quantitative estimate of drug-likeness (QED) is 0.476. The Hall–Kier alpha value is -2.07. The molecule has 0 saturated heterocycles. The van der Waals surface area contributed by atoms with Gasteiger partial charge < -0.3 is 4.74 Å². The van der Waals surface area contributed by atoms with Crippen LogP contribution in [0.5, 0.6) is 0 Å². The van der Waals surface area contributed by atoms with Crippen LogP contribution in [0, 0.1) is 0 Å². The number of carbonyl (C=O) groups is 1. The van der Waals surface area contributed by atoms with Gasteiger partial charge in [0.05, 0.1) is 30.3 Å². The van der Waals surface area contributed by atoms with Crippen LogP contribution in [0.15, 0.2) is 46.9 Å². The standard InChI is InChI=1S/C17H19ClN2O2/c1-11(22-5)8-13(10-19-4)20-16(21)14-7-6-12(18)9-15(14)17(20,2)3/h6-10H,4H2,1-3,5H3. The second-order valence-electron chi connectivity index (χ2n) is 5.59. The molecule has 1 aliphatic heterocycles. The van der Waals surface area contributed by atoms with Crippen molar-refractivity contribution in [3.05, 3.63) is 58.1 Å². The third-order valence-corrected chi connectivity index (χ3v) is 4.02. The van der Waals surface area contributed by atoms with Crippen molar-refractivity contribution in [3.63, 3.8) is 0 Å². The number of halogens is 1. The average molecular weight is 319 g/mol. The Morgan fingerprint density at radius 2 is 2.14 bits per heavy atom. The number of aliphatic imine (C=N–C) groups is 1. The number of carbonyl (C=O) groups excluding carboxylic acids is 1. The van der Waals surface area contributed by atoms with Gasteiger partial charge >= 0.3 is 0 Å². The predicted octanol–water partition coefficient (Wildman–Crippen LogP) is 4.12. The monoisotopic (exact) mass is 318 g/mol. The first kappa shape index (κ1) is 16.3. The molecule has 1 aliphatic rings. The van der Waals surface area contributed by atoms with E-state index in [0.717, 1.165) is 5.56 Å². The number of amides is 1. The average Bonchev–Trinajstić information content (AvgIpc) is 2.65. The molecule has 0 saturated carbocycles. The summed E-state index contributed by atoms with van der Waals surface area (Å²) in [6, 6.07) is 5.32. The number of allylic oxidation sites excluding steroid dienone is 2. The lowest BCUT2D eigenvalue weighted by Gasteiger charge is -2.33. The van der Waals surface area contributed by atoms with Gasteiger partial charge in [-0.05, 0) is 51.3 Å². The first-order chi connectivity index (χ1) is 10.3. The molecule has 0 bridgehead atoms. The molecule has 22 heavy (non-hydrogen) atoms. The molecule has 1 aromatic carbocycles. The minimum Gasteiger partial charge on any atom is -0.501 e. The normalized spacial score (nSPS) is 17.5. The van der Waals surface area contributed by atoms with E-state index >= 15 is 0 Å². The molecule has 0 unspecified atom stereocenters. The lowest BCUT2D eigenvalue weighted by atomic mass is 9.93. The molecule has 0 atom stereocenters. The van der Waals surface area contributed by atoms with Crippen molar-refractivity contribution in [2.24, 2.45) is 4.99 Å². The first-order valence-corrected chi connectivity index (χ1v) is 7.23. The molecule has 2 rings (SSSR count). The number of fused-ring (bicyclic) bond motifs is 1. The number of methoxy groups -OCH3 is 1. The van der Waals surface area contributed by atoms with Crippen LogP contribution in [0.3, 0.4) is 0 Å². The molecule has 0 aromatic heterocycles. The van der Waals surface area contributed by atoms with Crippen LogP contribution in [0.4, 0.5) is 0 Å². The smallest absolute Gasteiger partial charge is 0.259 e. The fraction of sp³-hybridized carbons (Fsp3) is 0.294.